The molecule has 15 heavy (non-hydrogen) atoms. The van der Waals surface area contributed by atoms with Crippen molar-refractivity contribution in [3.63, 3.8) is 0 Å². The molecule has 84 valence electrons. The molecule has 0 aromatic heterocycles. The molecular formula is C13H21NS. The SMILES string of the molecule is CSc1cc(C)c(C)c(CC(C)(C)N)c1. The maximum atomic E-state index is 6.07. The Morgan fingerprint density at radius 1 is 1.27 bits per heavy atom. The summed E-state index contributed by atoms with van der Waals surface area (Å²) < 4.78 is 0. The molecule has 1 aromatic rings. The number of benzene rings is 1. The van der Waals surface area contributed by atoms with Crippen LogP contribution in [-0.4, -0.2) is 11.8 Å². The van der Waals surface area contributed by atoms with E-state index in [0.717, 1.165) is 6.42 Å². The van der Waals surface area contributed by atoms with Gasteiger partial charge in [-0.3, -0.25) is 0 Å². The van der Waals surface area contributed by atoms with Crippen LogP contribution in [0.3, 0.4) is 0 Å². The summed E-state index contributed by atoms with van der Waals surface area (Å²) in [7, 11) is 0. The molecule has 0 saturated heterocycles. The van der Waals surface area contributed by atoms with Gasteiger partial charge >= 0.3 is 0 Å². The fraction of sp³-hybridized carbons (Fsp3) is 0.538. The summed E-state index contributed by atoms with van der Waals surface area (Å²) in [4.78, 5) is 1.33. The van der Waals surface area contributed by atoms with Gasteiger partial charge in [0, 0.05) is 10.4 Å². The third kappa shape index (κ3) is 3.54. The van der Waals surface area contributed by atoms with Crippen LogP contribution >= 0.6 is 11.8 Å². The van der Waals surface area contributed by atoms with Crippen molar-refractivity contribution in [3.05, 3.63) is 28.8 Å². The first kappa shape index (κ1) is 12.6. The van der Waals surface area contributed by atoms with Gasteiger partial charge in [0.1, 0.15) is 0 Å². The second-order valence-electron chi connectivity index (χ2n) is 4.89. The molecule has 0 fully saturated rings. The van der Waals surface area contributed by atoms with Crippen molar-refractivity contribution in [2.75, 3.05) is 6.26 Å². The summed E-state index contributed by atoms with van der Waals surface area (Å²) in [5.41, 5.74) is 10.1. The molecule has 0 aliphatic carbocycles. The van der Waals surface area contributed by atoms with Gasteiger partial charge in [0.2, 0.25) is 0 Å². The number of hydrogen-bond acceptors (Lipinski definition) is 2. The van der Waals surface area contributed by atoms with Gasteiger partial charge < -0.3 is 5.73 Å². The number of thioether (sulfide) groups is 1. The Morgan fingerprint density at radius 3 is 2.33 bits per heavy atom. The first-order valence-electron chi connectivity index (χ1n) is 5.26. The minimum Gasteiger partial charge on any atom is -0.325 e. The highest BCUT2D eigenvalue weighted by molar-refractivity contribution is 7.98. The van der Waals surface area contributed by atoms with E-state index in [1.807, 2.05) is 0 Å². The third-order valence-corrected chi connectivity index (χ3v) is 3.34. The van der Waals surface area contributed by atoms with Gasteiger partial charge in [-0.15, -0.1) is 11.8 Å². The van der Waals surface area contributed by atoms with Crippen molar-refractivity contribution < 1.29 is 0 Å². The van der Waals surface area contributed by atoms with Gasteiger partial charge in [-0.25, -0.2) is 0 Å². The van der Waals surface area contributed by atoms with Gasteiger partial charge in [-0.05, 0) is 69.2 Å². The average Bonchev–Trinajstić information content (AvgIpc) is 2.10. The predicted octanol–water partition coefficient (Wildman–Crippen LogP) is 3.31. The molecule has 1 rings (SSSR count). The van der Waals surface area contributed by atoms with Gasteiger partial charge in [0.15, 0.2) is 0 Å². The van der Waals surface area contributed by atoms with Crippen LogP contribution in [0, 0.1) is 13.8 Å². The van der Waals surface area contributed by atoms with E-state index in [-0.39, 0.29) is 5.54 Å². The van der Waals surface area contributed by atoms with Crippen LogP contribution in [0.2, 0.25) is 0 Å². The number of aryl methyl sites for hydroxylation is 1. The van der Waals surface area contributed by atoms with Crippen molar-refractivity contribution in [2.24, 2.45) is 5.73 Å². The minimum atomic E-state index is -0.131. The predicted molar refractivity (Wildman–Crippen MR) is 69.7 cm³/mol. The molecule has 1 nitrogen and oxygen atoms in total. The van der Waals surface area contributed by atoms with E-state index in [4.69, 9.17) is 5.73 Å². The lowest BCUT2D eigenvalue weighted by atomic mass is 9.91. The number of hydrogen-bond donors (Lipinski definition) is 1. The normalized spacial score (nSPS) is 11.9. The van der Waals surface area contributed by atoms with Crippen LogP contribution in [0.15, 0.2) is 17.0 Å². The number of nitrogens with two attached hydrogens (primary N) is 1. The van der Waals surface area contributed by atoms with Crippen LogP contribution in [0.4, 0.5) is 0 Å². The van der Waals surface area contributed by atoms with Gasteiger partial charge in [0.25, 0.3) is 0 Å². The lowest BCUT2D eigenvalue weighted by Crippen LogP contribution is -2.34. The van der Waals surface area contributed by atoms with Crippen LogP contribution in [-0.2, 0) is 6.42 Å². The molecule has 0 radical (unpaired) electrons. The Labute approximate surface area is 97.4 Å². The zero-order valence-electron chi connectivity index (χ0n) is 10.3. The van der Waals surface area contributed by atoms with E-state index in [1.165, 1.54) is 21.6 Å². The molecule has 0 bridgehead atoms. The quantitative estimate of drug-likeness (QED) is 0.796. The van der Waals surface area contributed by atoms with Gasteiger partial charge in [0.05, 0.1) is 0 Å². The third-order valence-electron chi connectivity index (χ3n) is 2.63. The van der Waals surface area contributed by atoms with Crippen LogP contribution in [0.25, 0.3) is 0 Å². The largest absolute Gasteiger partial charge is 0.325 e. The fourth-order valence-electron chi connectivity index (χ4n) is 1.69. The first-order chi connectivity index (χ1) is 6.83. The molecule has 0 unspecified atom stereocenters. The van der Waals surface area contributed by atoms with Crippen molar-refractivity contribution >= 4 is 11.8 Å². The second-order valence-corrected chi connectivity index (χ2v) is 5.77. The summed E-state index contributed by atoms with van der Waals surface area (Å²) in [5, 5.41) is 0. The molecule has 0 saturated carbocycles. The molecule has 0 heterocycles. The molecule has 0 atom stereocenters. The highest BCUT2D eigenvalue weighted by atomic mass is 32.2. The fourth-order valence-corrected chi connectivity index (χ4v) is 2.24. The summed E-state index contributed by atoms with van der Waals surface area (Å²) in [6, 6.07) is 4.51. The maximum Gasteiger partial charge on any atom is 0.0138 e. The Balaban J connectivity index is 3.11. The zero-order chi connectivity index (χ0) is 11.6. The highest BCUT2D eigenvalue weighted by Gasteiger charge is 2.14. The second kappa shape index (κ2) is 4.58. The van der Waals surface area contributed by atoms with Crippen LogP contribution in [0.5, 0.6) is 0 Å². The first-order valence-corrected chi connectivity index (χ1v) is 6.49. The van der Waals surface area contributed by atoms with E-state index in [2.05, 4.69) is 46.1 Å². The molecule has 0 aliphatic rings. The summed E-state index contributed by atoms with van der Waals surface area (Å²) in [5.74, 6) is 0. The molecule has 0 amide bonds. The lowest BCUT2D eigenvalue weighted by molar-refractivity contribution is 0.515. The van der Waals surface area contributed by atoms with E-state index >= 15 is 0 Å². The molecule has 1 aromatic carbocycles. The minimum absolute atomic E-state index is 0.131. The lowest BCUT2D eigenvalue weighted by Gasteiger charge is -2.21. The Bertz CT molecular complexity index is 350. The van der Waals surface area contributed by atoms with Crippen molar-refractivity contribution in [1.29, 1.82) is 0 Å². The van der Waals surface area contributed by atoms with Gasteiger partial charge in [-0.2, -0.15) is 0 Å². The summed E-state index contributed by atoms with van der Waals surface area (Å²) in [6.45, 7) is 8.50. The monoisotopic (exact) mass is 223 g/mol. The van der Waals surface area contributed by atoms with Crippen LogP contribution < -0.4 is 5.73 Å². The molecular weight excluding hydrogens is 202 g/mol. The van der Waals surface area contributed by atoms with Crippen molar-refractivity contribution in [2.45, 2.75) is 44.6 Å². The summed E-state index contributed by atoms with van der Waals surface area (Å²) >= 11 is 1.79. The molecule has 2 heteroatoms. The zero-order valence-corrected chi connectivity index (χ0v) is 11.2. The van der Waals surface area contributed by atoms with Crippen LogP contribution in [0.1, 0.15) is 30.5 Å². The Hall–Kier alpha value is -0.470. The van der Waals surface area contributed by atoms with E-state index < -0.39 is 0 Å². The highest BCUT2D eigenvalue weighted by Crippen LogP contribution is 2.24. The average molecular weight is 223 g/mol. The molecule has 0 spiro atoms. The Kier molecular flexibility index (Phi) is 3.85. The van der Waals surface area contributed by atoms with Crippen molar-refractivity contribution in [1.82, 2.24) is 0 Å². The maximum absolute atomic E-state index is 6.07. The summed E-state index contributed by atoms with van der Waals surface area (Å²) in [6.07, 6.45) is 3.05. The van der Waals surface area contributed by atoms with E-state index in [1.54, 1.807) is 11.8 Å². The molecule has 2 N–H and O–H groups in total. The van der Waals surface area contributed by atoms with E-state index in [9.17, 15) is 0 Å². The standard InChI is InChI=1S/C13H21NS/c1-9-6-12(15-5)7-11(10(9)2)8-13(3,4)14/h6-7H,8,14H2,1-5H3. The van der Waals surface area contributed by atoms with Crippen molar-refractivity contribution in [3.8, 4) is 0 Å². The Morgan fingerprint density at radius 2 is 1.87 bits per heavy atom. The number of rotatable bonds is 3. The molecule has 0 aliphatic heterocycles. The van der Waals surface area contributed by atoms with E-state index in [0.29, 0.717) is 0 Å². The van der Waals surface area contributed by atoms with Gasteiger partial charge in [-0.1, -0.05) is 0 Å². The smallest absolute Gasteiger partial charge is 0.0138 e. The topological polar surface area (TPSA) is 26.0 Å².